The van der Waals surface area contributed by atoms with Gasteiger partial charge < -0.3 is 4.90 Å². The van der Waals surface area contributed by atoms with Crippen molar-refractivity contribution in [2.24, 2.45) is 0 Å². The molecule has 0 radical (unpaired) electrons. The number of nitrogens with zero attached hydrogens (tertiary/aromatic N) is 4. The van der Waals surface area contributed by atoms with Crippen LogP contribution in [0.5, 0.6) is 0 Å². The Morgan fingerprint density at radius 1 is 1.13 bits per heavy atom. The third kappa shape index (κ3) is 3.66. The number of aromatic nitrogens is 2. The van der Waals surface area contributed by atoms with E-state index in [-0.39, 0.29) is 11.7 Å². The second-order valence-electron chi connectivity index (χ2n) is 6.49. The molecule has 7 heteroatoms. The highest BCUT2D eigenvalue weighted by Gasteiger charge is 2.29. The molecule has 0 unspecified atom stereocenters. The summed E-state index contributed by atoms with van der Waals surface area (Å²) in [5.41, 5.74) is 1.00. The topological polar surface area (TPSA) is 66.4 Å². The van der Waals surface area contributed by atoms with Crippen molar-refractivity contribution in [3.63, 3.8) is 0 Å². The zero-order chi connectivity index (χ0) is 16.4. The summed E-state index contributed by atoms with van der Waals surface area (Å²) < 4.78 is 25.5. The van der Waals surface area contributed by atoms with Crippen LogP contribution in [0.1, 0.15) is 50.0 Å². The summed E-state index contributed by atoms with van der Waals surface area (Å²) in [4.78, 5) is 11.8. The summed E-state index contributed by atoms with van der Waals surface area (Å²) in [5, 5.41) is 0. The number of anilines is 1. The van der Waals surface area contributed by atoms with Gasteiger partial charge >= 0.3 is 0 Å². The maximum Gasteiger partial charge on any atom is 0.213 e. The molecular formula is C16H26N4O2S. The number of piperidine rings is 1. The maximum absolute atomic E-state index is 12.0. The van der Waals surface area contributed by atoms with Gasteiger partial charge in [-0.15, -0.1) is 0 Å². The largest absolute Gasteiger partial charge is 0.357 e. The molecule has 0 bridgehead atoms. The lowest BCUT2D eigenvalue weighted by atomic mass is 9.97. The lowest BCUT2D eigenvalue weighted by Crippen LogP contribution is -2.39. The predicted molar refractivity (Wildman–Crippen MR) is 91.2 cm³/mol. The molecule has 1 aromatic heterocycles. The van der Waals surface area contributed by atoms with Gasteiger partial charge in [-0.1, -0.05) is 0 Å². The molecule has 0 atom stereocenters. The molecule has 2 aliphatic rings. The van der Waals surface area contributed by atoms with E-state index in [0.717, 1.165) is 43.3 Å². The molecule has 3 rings (SSSR count). The third-order valence-electron chi connectivity index (χ3n) is 4.87. The van der Waals surface area contributed by atoms with E-state index in [1.54, 1.807) is 11.2 Å². The summed E-state index contributed by atoms with van der Waals surface area (Å²) in [6.45, 7) is 7.02. The van der Waals surface area contributed by atoms with Gasteiger partial charge in [0.25, 0.3) is 0 Å². The van der Waals surface area contributed by atoms with Crippen molar-refractivity contribution < 1.29 is 8.42 Å². The zero-order valence-electron chi connectivity index (χ0n) is 14.0. The summed E-state index contributed by atoms with van der Waals surface area (Å²) in [7, 11) is -3.07. The Balaban J connectivity index is 1.73. The summed E-state index contributed by atoms with van der Waals surface area (Å²) in [6, 6.07) is 2.06. The van der Waals surface area contributed by atoms with Crippen molar-refractivity contribution in [3.05, 3.63) is 17.6 Å². The van der Waals surface area contributed by atoms with Crippen LogP contribution in [0.3, 0.4) is 0 Å². The third-order valence-corrected chi connectivity index (χ3v) is 6.75. The molecule has 0 spiro atoms. The van der Waals surface area contributed by atoms with Crippen LogP contribution in [-0.2, 0) is 10.0 Å². The minimum Gasteiger partial charge on any atom is -0.357 e. The lowest BCUT2D eigenvalue weighted by Gasteiger charge is -2.30. The Bertz CT molecular complexity index is 648. The minimum absolute atomic E-state index is 0.178. The standard InChI is InChI=1S/C16H26N4O2S/c1-3-23(21,22)20-10-6-14(7-11-20)16-17-13(2)12-15(18-16)19-8-4-5-9-19/h12,14H,3-11H2,1-2H3. The number of aryl methyl sites for hydroxylation is 1. The van der Waals surface area contributed by atoms with Gasteiger partial charge in [-0.25, -0.2) is 22.7 Å². The predicted octanol–water partition coefficient (Wildman–Crippen LogP) is 1.91. The number of rotatable bonds is 4. The molecule has 1 aromatic rings. The molecule has 0 aromatic carbocycles. The van der Waals surface area contributed by atoms with Crippen LogP contribution >= 0.6 is 0 Å². The van der Waals surface area contributed by atoms with Gasteiger partial charge in [0.15, 0.2) is 0 Å². The van der Waals surface area contributed by atoms with E-state index in [1.807, 2.05) is 6.92 Å². The molecule has 0 amide bonds. The zero-order valence-corrected chi connectivity index (χ0v) is 14.8. The highest BCUT2D eigenvalue weighted by atomic mass is 32.2. The number of hydrogen-bond acceptors (Lipinski definition) is 5. The Morgan fingerprint density at radius 2 is 1.78 bits per heavy atom. The van der Waals surface area contributed by atoms with Crippen molar-refractivity contribution in [1.82, 2.24) is 14.3 Å². The van der Waals surface area contributed by atoms with Crippen LogP contribution in [-0.4, -0.2) is 54.6 Å². The van der Waals surface area contributed by atoms with E-state index in [9.17, 15) is 8.42 Å². The van der Waals surface area contributed by atoms with E-state index in [1.165, 1.54) is 12.8 Å². The monoisotopic (exact) mass is 338 g/mol. The first kappa shape index (κ1) is 16.6. The summed E-state index contributed by atoms with van der Waals surface area (Å²) >= 11 is 0. The molecule has 3 heterocycles. The summed E-state index contributed by atoms with van der Waals surface area (Å²) in [6.07, 6.45) is 4.07. The van der Waals surface area contributed by atoms with Crippen LogP contribution < -0.4 is 4.90 Å². The minimum atomic E-state index is -3.07. The van der Waals surface area contributed by atoms with E-state index >= 15 is 0 Å². The van der Waals surface area contributed by atoms with Gasteiger partial charge in [-0.05, 0) is 39.5 Å². The van der Waals surface area contributed by atoms with E-state index in [2.05, 4.69) is 16.0 Å². The van der Waals surface area contributed by atoms with E-state index in [4.69, 9.17) is 4.98 Å². The smallest absolute Gasteiger partial charge is 0.213 e. The van der Waals surface area contributed by atoms with Crippen molar-refractivity contribution in [2.45, 2.75) is 45.4 Å². The maximum atomic E-state index is 12.0. The number of sulfonamides is 1. The molecule has 2 fully saturated rings. The van der Waals surface area contributed by atoms with Gasteiger partial charge in [-0.3, -0.25) is 0 Å². The van der Waals surface area contributed by atoms with Crippen molar-refractivity contribution in [2.75, 3.05) is 36.8 Å². The van der Waals surface area contributed by atoms with E-state index in [0.29, 0.717) is 13.1 Å². The van der Waals surface area contributed by atoms with Crippen molar-refractivity contribution >= 4 is 15.8 Å². The van der Waals surface area contributed by atoms with Gasteiger partial charge in [0.1, 0.15) is 11.6 Å². The molecular weight excluding hydrogens is 312 g/mol. The first-order valence-corrected chi connectivity index (χ1v) is 10.2. The normalized spacial score (nSPS) is 21.0. The quantitative estimate of drug-likeness (QED) is 0.839. The van der Waals surface area contributed by atoms with Crippen LogP contribution in [0.4, 0.5) is 5.82 Å². The average molecular weight is 338 g/mol. The first-order valence-electron chi connectivity index (χ1n) is 8.58. The van der Waals surface area contributed by atoms with Crippen LogP contribution in [0.25, 0.3) is 0 Å². The molecule has 0 saturated carbocycles. The van der Waals surface area contributed by atoms with Gasteiger partial charge in [0.2, 0.25) is 10.0 Å². The fourth-order valence-corrected chi connectivity index (χ4v) is 4.57. The molecule has 0 N–H and O–H groups in total. The van der Waals surface area contributed by atoms with Crippen LogP contribution in [0.15, 0.2) is 6.07 Å². The molecule has 2 aliphatic heterocycles. The Labute approximate surface area is 139 Å². The van der Waals surface area contributed by atoms with Gasteiger partial charge in [0, 0.05) is 43.9 Å². The Kier molecular flexibility index (Phi) is 4.87. The summed E-state index contributed by atoms with van der Waals surface area (Å²) in [5.74, 6) is 2.37. The van der Waals surface area contributed by atoms with Crippen LogP contribution in [0, 0.1) is 6.92 Å². The highest BCUT2D eigenvalue weighted by molar-refractivity contribution is 7.89. The molecule has 6 nitrogen and oxygen atoms in total. The Morgan fingerprint density at radius 3 is 2.39 bits per heavy atom. The van der Waals surface area contributed by atoms with Crippen molar-refractivity contribution in [3.8, 4) is 0 Å². The fourth-order valence-electron chi connectivity index (χ4n) is 3.44. The molecule has 2 saturated heterocycles. The second-order valence-corrected chi connectivity index (χ2v) is 8.75. The Hall–Kier alpha value is -1.21. The molecule has 128 valence electrons. The average Bonchev–Trinajstić information content (AvgIpc) is 3.09. The van der Waals surface area contributed by atoms with E-state index < -0.39 is 10.0 Å². The van der Waals surface area contributed by atoms with Gasteiger partial charge in [0.05, 0.1) is 5.75 Å². The van der Waals surface area contributed by atoms with Crippen LogP contribution in [0.2, 0.25) is 0 Å². The lowest BCUT2D eigenvalue weighted by molar-refractivity contribution is 0.313. The molecule has 23 heavy (non-hydrogen) atoms. The van der Waals surface area contributed by atoms with Crippen molar-refractivity contribution in [1.29, 1.82) is 0 Å². The number of hydrogen-bond donors (Lipinski definition) is 0. The molecule has 0 aliphatic carbocycles. The van der Waals surface area contributed by atoms with Gasteiger partial charge in [-0.2, -0.15) is 0 Å². The first-order chi connectivity index (χ1) is 11.0. The fraction of sp³-hybridized carbons (Fsp3) is 0.750. The highest BCUT2D eigenvalue weighted by Crippen LogP contribution is 2.29. The second kappa shape index (κ2) is 6.73. The SMILES string of the molecule is CCS(=O)(=O)N1CCC(c2nc(C)cc(N3CCCC3)n2)CC1.